The normalized spacial score (nSPS) is 9.76. The van der Waals surface area contributed by atoms with Gasteiger partial charge in [0.1, 0.15) is 6.29 Å². The first-order chi connectivity index (χ1) is 8.13. The summed E-state index contributed by atoms with van der Waals surface area (Å²) in [7, 11) is 1.32. The zero-order valence-electron chi connectivity index (χ0n) is 9.27. The second-order valence-corrected chi connectivity index (χ2v) is 3.22. The minimum absolute atomic E-state index is 0.0451. The number of aliphatic hydroxyl groups excluding tert-OH is 1. The fourth-order valence-electron chi connectivity index (χ4n) is 1.29. The van der Waals surface area contributed by atoms with Crippen molar-refractivity contribution in [3.05, 3.63) is 23.3 Å². The highest BCUT2D eigenvalue weighted by Gasteiger charge is 2.16. The number of carbonyl (C=O) groups excluding carboxylic acids is 2. The Morgan fingerprint density at radius 1 is 1.53 bits per heavy atom. The first-order valence-electron chi connectivity index (χ1n) is 4.89. The predicted octanol–water partition coefficient (Wildman–Crippen LogP) is -0.0646. The van der Waals surface area contributed by atoms with Gasteiger partial charge in [0.15, 0.2) is 11.5 Å². The molecule has 0 unspecified atom stereocenters. The molecule has 6 nitrogen and oxygen atoms in total. The number of hydrogen-bond acceptors (Lipinski definition) is 5. The molecule has 17 heavy (non-hydrogen) atoms. The maximum atomic E-state index is 11.6. The molecule has 0 aliphatic rings. The van der Waals surface area contributed by atoms with E-state index in [0.717, 1.165) is 0 Å². The van der Waals surface area contributed by atoms with E-state index in [1.807, 2.05) is 0 Å². The molecule has 1 aromatic carbocycles. The summed E-state index contributed by atoms with van der Waals surface area (Å²) < 4.78 is 4.84. The lowest BCUT2D eigenvalue weighted by Gasteiger charge is -2.10. The fraction of sp³-hybridized carbons (Fsp3) is 0.273. The van der Waals surface area contributed by atoms with E-state index in [2.05, 4.69) is 5.32 Å². The van der Waals surface area contributed by atoms with E-state index < -0.39 is 5.91 Å². The third kappa shape index (κ3) is 2.94. The number of aldehydes is 1. The highest BCUT2D eigenvalue weighted by Crippen LogP contribution is 2.30. The number of phenols is 1. The van der Waals surface area contributed by atoms with Gasteiger partial charge in [-0.3, -0.25) is 9.59 Å². The van der Waals surface area contributed by atoms with Crippen molar-refractivity contribution in [3.8, 4) is 11.5 Å². The summed E-state index contributed by atoms with van der Waals surface area (Å²) in [5.41, 5.74) is 0.147. The minimum Gasteiger partial charge on any atom is -0.504 e. The number of benzene rings is 1. The standard InChI is InChI=1S/C11H13NO5/c1-17-9-5-7(6-14)4-8(10(9)15)11(16)12-2-3-13/h4-6,13,15H,2-3H2,1H3,(H,12,16). The molecule has 0 radical (unpaired) electrons. The molecule has 0 aromatic heterocycles. The number of methoxy groups -OCH3 is 1. The van der Waals surface area contributed by atoms with Crippen LogP contribution in [-0.2, 0) is 0 Å². The van der Waals surface area contributed by atoms with Crippen molar-refractivity contribution in [2.75, 3.05) is 20.3 Å². The van der Waals surface area contributed by atoms with Gasteiger partial charge in [-0.15, -0.1) is 0 Å². The SMILES string of the molecule is COc1cc(C=O)cc(C(=O)NCCO)c1O. The van der Waals surface area contributed by atoms with Crippen LogP contribution in [0.15, 0.2) is 12.1 Å². The van der Waals surface area contributed by atoms with Gasteiger partial charge in [0.25, 0.3) is 5.91 Å². The van der Waals surface area contributed by atoms with Crippen molar-refractivity contribution in [1.82, 2.24) is 5.32 Å². The topological polar surface area (TPSA) is 95.9 Å². The van der Waals surface area contributed by atoms with E-state index in [-0.39, 0.29) is 35.8 Å². The van der Waals surface area contributed by atoms with Crippen LogP contribution in [-0.4, -0.2) is 42.7 Å². The van der Waals surface area contributed by atoms with Gasteiger partial charge in [0, 0.05) is 12.1 Å². The molecule has 92 valence electrons. The minimum atomic E-state index is -0.585. The van der Waals surface area contributed by atoms with Crippen LogP contribution >= 0.6 is 0 Å². The number of amides is 1. The Labute approximate surface area is 97.8 Å². The molecule has 0 spiro atoms. The van der Waals surface area contributed by atoms with Crippen molar-refractivity contribution in [2.45, 2.75) is 0 Å². The summed E-state index contributed by atoms with van der Waals surface area (Å²) in [5, 5.41) is 20.7. The van der Waals surface area contributed by atoms with Crippen LogP contribution in [0.2, 0.25) is 0 Å². The second kappa shape index (κ2) is 5.86. The number of ether oxygens (including phenoxy) is 1. The number of carbonyl (C=O) groups is 2. The van der Waals surface area contributed by atoms with Gasteiger partial charge in [-0.25, -0.2) is 0 Å². The third-order valence-corrected chi connectivity index (χ3v) is 2.10. The molecule has 0 aliphatic heterocycles. The first-order valence-corrected chi connectivity index (χ1v) is 4.89. The average Bonchev–Trinajstić information content (AvgIpc) is 2.36. The third-order valence-electron chi connectivity index (χ3n) is 2.10. The van der Waals surface area contributed by atoms with Crippen molar-refractivity contribution >= 4 is 12.2 Å². The summed E-state index contributed by atoms with van der Waals surface area (Å²) >= 11 is 0. The van der Waals surface area contributed by atoms with Crippen molar-refractivity contribution in [2.24, 2.45) is 0 Å². The summed E-state index contributed by atoms with van der Waals surface area (Å²) in [6.45, 7) is -0.150. The van der Waals surface area contributed by atoms with Crippen molar-refractivity contribution in [1.29, 1.82) is 0 Å². The predicted molar refractivity (Wildman–Crippen MR) is 59.5 cm³/mol. The van der Waals surface area contributed by atoms with E-state index in [1.54, 1.807) is 0 Å². The van der Waals surface area contributed by atoms with E-state index in [1.165, 1.54) is 19.2 Å². The molecule has 0 heterocycles. The van der Waals surface area contributed by atoms with E-state index >= 15 is 0 Å². The van der Waals surface area contributed by atoms with Crippen LogP contribution in [0.25, 0.3) is 0 Å². The van der Waals surface area contributed by atoms with E-state index in [4.69, 9.17) is 9.84 Å². The summed E-state index contributed by atoms with van der Waals surface area (Å²) in [6.07, 6.45) is 0.546. The van der Waals surface area contributed by atoms with Crippen LogP contribution < -0.4 is 10.1 Å². The molecular formula is C11H13NO5. The summed E-state index contributed by atoms with van der Waals surface area (Å²) in [5.74, 6) is -0.879. The highest BCUT2D eigenvalue weighted by atomic mass is 16.5. The number of phenolic OH excluding ortho intramolecular Hbond substituents is 1. The lowest BCUT2D eigenvalue weighted by molar-refractivity contribution is 0.0941. The number of aliphatic hydroxyl groups is 1. The summed E-state index contributed by atoms with van der Waals surface area (Å²) in [4.78, 5) is 22.3. The zero-order chi connectivity index (χ0) is 12.8. The molecule has 0 saturated heterocycles. The zero-order valence-corrected chi connectivity index (χ0v) is 9.27. The summed E-state index contributed by atoms with van der Waals surface area (Å²) in [6, 6.07) is 2.57. The van der Waals surface area contributed by atoms with Gasteiger partial charge in [0.05, 0.1) is 19.3 Å². The monoisotopic (exact) mass is 239 g/mol. The first kappa shape index (κ1) is 13.0. The van der Waals surface area contributed by atoms with E-state index in [0.29, 0.717) is 6.29 Å². The van der Waals surface area contributed by atoms with Gasteiger partial charge < -0.3 is 20.3 Å². The van der Waals surface area contributed by atoms with Crippen LogP contribution in [0.5, 0.6) is 11.5 Å². The number of nitrogens with one attached hydrogen (secondary N) is 1. The maximum Gasteiger partial charge on any atom is 0.255 e. The van der Waals surface area contributed by atoms with Crippen LogP contribution in [0.4, 0.5) is 0 Å². The molecule has 1 aromatic rings. The average molecular weight is 239 g/mol. The molecule has 0 saturated carbocycles. The number of rotatable bonds is 5. The number of aromatic hydroxyl groups is 1. The highest BCUT2D eigenvalue weighted by molar-refractivity contribution is 5.99. The van der Waals surface area contributed by atoms with Crippen molar-refractivity contribution in [3.63, 3.8) is 0 Å². The Kier molecular flexibility index (Phi) is 4.47. The van der Waals surface area contributed by atoms with Gasteiger partial charge in [-0.1, -0.05) is 0 Å². The Balaban J connectivity index is 3.12. The smallest absolute Gasteiger partial charge is 0.255 e. The molecule has 1 amide bonds. The van der Waals surface area contributed by atoms with Crippen molar-refractivity contribution < 1.29 is 24.5 Å². The van der Waals surface area contributed by atoms with Gasteiger partial charge in [-0.05, 0) is 12.1 Å². The van der Waals surface area contributed by atoms with Gasteiger partial charge in [0.2, 0.25) is 0 Å². The maximum absolute atomic E-state index is 11.6. The lowest BCUT2D eigenvalue weighted by atomic mass is 10.1. The van der Waals surface area contributed by atoms with Gasteiger partial charge >= 0.3 is 0 Å². The fourth-order valence-corrected chi connectivity index (χ4v) is 1.29. The molecule has 0 atom stereocenters. The van der Waals surface area contributed by atoms with Gasteiger partial charge in [-0.2, -0.15) is 0 Å². The molecule has 0 aliphatic carbocycles. The Bertz CT molecular complexity index is 430. The number of hydrogen-bond donors (Lipinski definition) is 3. The molecular weight excluding hydrogens is 226 g/mol. The molecule has 3 N–H and O–H groups in total. The Morgan fingerprint density at radius 2 is 2.24 bits per heavy atom. The molecule has 1 rings (SSSR count). The lowest BCUT2D eigenvalue weighted by Crippen LogP contribution is -2.26. The van der Waals surface area contributed by atoms with Crippen LogP contribution in [0, 0.1) is 0 Å². The second-order valence-electron chi connectivity index (χ2n) is 3.22. The van der Waals surface area contributed by atoms with Crippen LogP contribution in [0.1, 0.15) is 20.7 Å². The Morgan fingerprint density at radius 3 is 2.76 bits per heavy atom. The Hall–Kier alpha value is -2.08. The largest absolute Gasteiger partial charge is 0.504 e. The molecule has 0 fully saturated rings. The van der Waals surface area contributed by atoms with Crippen LogP contribution in [0.3, 0.4) is 0 Å². The van der Waals surface area contributed by atoms with E-state index in [9.17, 15) is 14.7 Å². The molecule has 0 bridgehead atoms. The molecule has 6 heteroatoms. The quantitative estimate of drug-likeness (QED) is 0.625.